The smallest absolute Gasteiger partial charge is 0.305 e. The zero-order valence-electron chi connectivity index (χ0n) is 8.67. The SMILES string of the molecule is C1CCOC1.CCCOC(=O)CC. The molecule has 0 aromatic carbocycles. The van der Waals surface area contributed by atoms with E-state index in [0.29, 0.717) is 13.0 Å². The molecule has 0 aromatic heterocycles. The second-order valence-corrected chi connectivity index (χ2v) is 2.89. The molecule has 1 aliphatic rings. The molecule has 3 heteroatoms. The molecule has 1 saturated heterocycles. The molecule has 1 aliphatic heterocycles. The molecule has 0 unspecified atom stereocenters. The van der Waals surface area contributed by atoms with Crippen molar-refractivity contribution in [2.75, 3.05) is 19.8 Å². The highest BCUT2D eigenvalue weighted by atomic mass is 16.5. The Bertz CT molecular complexity index is 112. The molecule has 1 fully saturated rings. The van der Waals surface area contributed by atoms with Crippen LogP contribution < -0.4 is 0 Å². The molecule has 0 atom stereocenters. The number of rotatable bonds is 3. The van der Waals surface area contributed by atoms with Crippen LogP contribution in [0.5, 0.6) is 0 Å². The van der Waals surface area contributed by atoms with Crippen LogP contribution in [-0.4, -0.2) is 25.8 Å². The molecule has 1 rings (SSSR count). The van der Waals surface area contributed by atoms with Gasteiger partial charge < -0.3 is 9.47 Å². The summed E-state index contributed by atoms with van der Waals surface area (Å²) in [6.07, 6.45) is 3.95. The summed E-state index contributed by atoms with van der Waals surface area (Å²) >= 11 is 0. The standard InChI is InChI=1S/C6H12O2.C4H8O/c1-3-5-8-6(7)4-2;1-2-4-5-3-1/h3-5H2,1-2H3;1-4H2. The lowest BCUT2D eigenvalue weighted by Gasteiger charge is -1.97. The number of esters is 1. The molecule has 13 heavy (non-hydrogen) atoms. The van der Waals surface area contributed by atoms with Gasteiger partial charge in [-0.05, 0) is 19.3 Å². The molecule has 1 heterocycles. The first-order valence-corrected chi connectivity index (χ1v) is 5.04. The lowest BCUT2D eigenvalue weighted by atomic mass is 10.4. The number of ether oxygens (including phenoxy) is 2. The van der Waals surface area contributed by atoms with Crippen LogP contribution in [0.2, 0.25) is 0 Å². The van der Waals surface area contributed by atoms with Crippen LogP contribution in [0.4, 0.5) is 0 Å². The van der Waals surface area contributed by atoms with Gasteiger partial charge in [-0.3, -0.25) is 4.79 Å². The summed E-state index contributed by atoms with van der Waals surface area (Å²) in [5.41, 5.74) is 0. The molecule has 78 valence electrons. The Labute approximate surface area is 80.4 Å². The Morgan fingerprint density at radius 2 is 1.92 bits per heavy atom. The van der Waals surface area contributed by atoms with E-state index < -0.39 is 0 Å². The Morgan fingerprint density at radius 1 is 1.31 bits per heavy atom. The first-order valence-electron chi connectivity index (χ1n) is 5.04. The highest BCUT2D eigenvalue weighted by Crippen LogP contribution is 1.98. The van der Waals surface area contributed by atoms with Gasteiger partial charge in [-0.1, -0.05) is 13.8 Å². The Hall–Kier alpha value is -0.570. The van der Waals surface area contributed by atoms with Gasteiger partial charge in [-0.25, -0.2) is 0 Å². The van der Waals surface area contributed by atoms with Gasteiger partial charge in [0.25, 0.3) is 0 Å². The second-order valence-electron chi connectivity index (χ2n) is 2.89. The molecular weight excluding hydrogens is 168 g/mol. The predicted octanol–water partition coefficient (Wildman–Crippen LogP) is 2.15. The highest BCUT2D eigenvalue weighted by molar-refractivity contribution is 5.68. The largest absolute Gasteiger partial charge is 0.466 e. The van der Waals surface area contributed by atoms with Gasteiger partial charge >= 0.3 is 5.97 Å². The first kappa shape index (κ1) is 12.4. The van der Waals surface area contributed by atoms with E-state index in [1.807, 2.05) is 6.92 Å². The van der Waals surface area contributed by atoms with Gasteiger partial charge in [0.2, 0.25) is 0 Å². The zero-order chi connectivity index (χ0) is 9.94. The molecule has 0 radical (unpaired) electrons. The van der Waals surface area contributed by atoms with E-state index in [1.54, 1.807) is 6.92 Å². The van der Waals surface area contributed by atoms with Crippen molar-refractivity contribution >= 4 is 5.97 Å². The third kappa shape index (κ3) is 9.34. The van der Waals surface area contributed by atoms with Crippen LogP contribution in [0.1, 0.15) is 39.5 Å². The van der Waals surface area contributed by atoms with Crippen LogP contribution in [0.15, 0.2) is 0 Å². The number of hydrogen-bond donors (Lipinski definition) is 0. The van der Waals surface area contributed by atoms with Gasteiger partial charge in [0.05, 0.1) is 6.61 Å². The van der Waals surface area contributed by atoms with Crippen molar-refractivity contribution in [3.63, 3.8) is 0 Å². The van der Waals surface area contributed by atoms with Crippen molar-refractivity contribution < 1.29 is 14.3 Å². The van der Waals surface area contributed by atoms with Crippen LogP contribution in [0.25, 0.3) is 0 Å². The minimum atomic E-state index is -0.105. The van der Waals surface area contributed by atoms with E-state index in [4.69, 9.17) is 9.47 Å². The zero-order valence-corrected chi connectivity index (χ0v) is 8.67. The summed E-state index contributed by atoms with van der Waals surface area (Å²) in [5, 5.41) is 0. The van der Waals surface area contributed by atoms with Crippen molar-refractivity contribution in [1.82, 2.24) is 0 Å². The Morgan fingerprint density at radius 3 is 2.23 bits per heavy atom. The van der Waals surface area contributed by atoms with Crippen molar-refractivity contribution in [2.24, 2.45) is 0 Å². The minimum Gasteiger partial charge on any atom is -0.466 e. The van der Waals surface area contributed by atoms with Gasteiger partial charge in [0, 0.05) is 19.6 Å². The average Bonchev–Trinajstić information content (AvgIpc) is 2.72. The summed E-state index contributed by atoms with van der Waals surface area (Å²) in [7, 11) is 0. The highest BCUT2D eigenvalue weighted by Gasteiger charge is 1.94. The molecule has 3 nitrogen and oxygen atoms in total. The maximum Gasteiger partial charge on any atom is 0.305 e. The van der Waals surface area contributed by atoms with E-state index in [2.05, 4.69) is 0 Å². The molecular formula is C10H20O3. The fraction of sp³-hybridized carbons (Fsp3) is 0.900. The van der Waals surface area contributed by atoms with Gasteiger partial charge in [0.1, 0.15) is 0 Å². The molecule has 0 N–H and O–H groups in total. The molecule has 0 spiro atoms. The lowest BCUT2D eigenvalue weighted by molar-refractivity contribution is -0.143. The second kappa shape index (κ2) is 9.52. The molecule has 0 bridgehead atoms. The summed E-state index contributed by atoms with van der Waals surface area (Å²) in [5.74, 6) is -0.105. The molecule has 0 saturated carbocycles. The predicted molar refractivity (Wildman–Crippen MR) is 51.6 cm³/mol. The van der Waals surface area contributed by atoms with E-state index in [0.717, 1.165) is 19.6 Å². The van der Waals surface area contributed by atoms with E-state index in [9.17, 15) is 4.79 Å². The number of carbonyl (C=O) groups excluding carboxylic acids is 1. The average molecular weight is 188 g/mol. The van der Waals surface area contributed by atoms with E-state index in [1.165, 1.54) is 12.8 Å². The monoisotopic (exact) mass is 188 g/mol. The fourth-order valence-corrected chi connectivity index (χ4v) is 0.828. The third-order valence-electron chi connectivity index (χ3n) is 1.58. The maximum absolute atomic E-state index is 10.3. The van der Waals surface area contributed by atoms with Gasteiger partial charge in [-0.15, -0.1) is 0 Å². The van der Waals surface area contributed by atoms with Crippen molar-refractivity contribution in [3.05, 3.63) is 0 Å². The van der Waals surface area contributed by atoms with Gasteiger partial charge in [-0.2, -0.15) is 0 Å². The van der Waals surface area contributed by atoms with E-state index >= 15 is 0 Å². The summed E-state index contributed by atoms with van der Waals surface area (Å²) < 4.78 is 9.65. The van der Waals surface area contributed by atoms with E-state index in [-0.39, 0.29) is 5.97 Å². The quantitative estimate of drug-likeness (QED) is 0.636. The van der Waals surface area contributed by atoms with Gasteiger partial charge in [0.15, 0.2) is 0 Å². The first-order chi connectivity index (χ1) is 6.31. The lowest BCUT2D eigenvalue weighted by Crippen LogP contribution is -2.02. The van der Waals surface area contributed by atoms with Crippen molar-refractivity contribution in [2.45, 2.75) is 39.5 Å². The van der Waals surface area contributed by atoms with Crippen LogP contribution in [0, 0.1) is 0 Å². The van der Waals surface area contributed by atoms with Crippen LogP contribution in [-0.2, 0) is 14.3 Å². The molecule has 0 aliphatic carbocycles. The number of hydrogen-bond acceptors (Lipinski definition) is 3. The summed E-state index contributed by atoms with van der Waals surface area (Å²) in [6.45, 7) is 6.33. The van der Waals surface area contributed by atoms with Crippen LogP contribution in [0.3, 0.4) is 0 Å². The topological polar surface area (TPSA) is 35.5 Å². The molecule has 0 aromatic rings. The Balaban J connectivity index is 0.000000243. The summed E-state index contributed by atoms with van der Waals surface area (Å²) in [4.78, 5) is 10.3. The Kier molecular flexibility index (Phi) is 9.10. The minimum absolute atomic E-state index is 0.105. The fourth-order valence-electron chi connectivity index (χ4n) is 0.828. The van der Waals surface area contributed by atoms with Crippen molar-refractivity contribution in [3.8, 4) is 0 Å². The van der Waals surface area contributed by atoms with Crippen LogP contribution >= 0.6 is 0 Å². The number of carbonyl (C=O) groups is 1. The maximum atomic E-state index is 10.3. The normalized spacial score (nSPS) is 14.6. The third-order valence-corrected chi connectivity index (χ3v) is 1.58. The molecule has 0 amide bonds. The summed E-state index contributed by atoms with van der Waals surface area (Å²) in [6, 6.07) is 0. The van der Waals surface area contributed by atoms with Crippen molar-refractivity contribution in [1.29, 1.82) is 0 Å².